The Morgan fingerprint density at radius 2 is 1.97 bits per heavy atom. The maximum absolute atomic E-state index is 5.71. The average Bonchev–Trinajstić information content (AvgIpc) is 3.39. The van der Waals surface area contributed by atoms with Crippen LogP contribution in [0.25, 0.3) is 5.69 Å². The lowest BCUT2D eigenvalue weighted by molar-refractivity contribution is -0.0792. The molecule has 158 valence electrons. The quantitative estimate of drug-likeness (QED) is 0.646. The number of aromatic nitrogens is 9. The van der Waals surface area contributed by atoms with E-state index < -0.39 is 0 Å². The molecule has 9 nitrogen and oxygen atoms in total. The molecule has 0 aliphatic heterocycles. The summed E-state index contributed by atoms with van der Waals surface area (Å²) in [5.74, 6) is 3.12. The molecule has 3 heterocycles. The Bertz CT molecular complexity index is 1170. The predicted octanol–water partition coefficient (Wildman–Crippen LogP) is 3.00. The molecule has 1 N–H and O–H groups in total. The van der Waals surface area contributed by atoms with Crippen molar-refractivity contribution in [2.45, 2.75) is 76.8 Å². The van der Waals surface area contributed by atoms with Crippen molar-refractivity contribution in [3.8, 4) is 5.69 Å². The standard InChI is InChI=1S/C20H27N9S/c1-4-27-12(2)16(10-21-27)28-17(23-24-18(28)30)19-6-14-5-15(7-19)9-20(8-14,11-19)29-25-13(3)22-26-29/h10,14-15H,4-9,11H2,1-3H3,(H,24,30)/t14-,15-,19?,20?/m1/s1. The van der Waals surface area contributed by atoms with Crippen LogP contribution in [-0.2, 0) is 17.5 Å². The van der Waals surface area contributed by atoms with Crippen molar-refractivity contribution in [1.82, 2.24) is 44.8 Å². The van der Waals surface area contributed by atoms with E-state index in [9.17, 15) is 0 Å². The van der Waals surface area contributed by atoms with Gasteiger partial charge in [-0.25, -0.2) is 0 Å². The van der Waals surface area contributed by atoms with Gasteiger partial charge in [-0.15, -0.1) is 10.2 Å². The second-order valence-electron chi connectivity index (χ2n) is 9.71. The summed E-state index contributed by atoms with van der Waals surface area (Å²) in [5, 5.41) is 25.8. The number of nitrogens with one attached hydrogen (secondary N) is 1. The van der Waals surface area contributed by atoms with Crippen LogP contribution in [0, 0.1) is 30.5 Å². The second-order valence-corrected chi connectivity index (χ2v) is 10.1. The molecule has 4 fully saturated rings. The zero-order chi connectivity index (χ0) is 20.7. The minimum Gasteiger partial charge on any atom is -0.268 e. The molecule has 10 heteroatoms. The predicted molar refractivity (Wildman–Crippen MR) is 112 cm³/mol. The van der Waals surface area contributed by atoms with Gasteiger partial charge in [0.1, 0.15) is 5.82 Å². The fourth-order valence-electron chi connectivity index (χ4n) is 7.05. The van der Waals surface area contributed by atoms with E-state index in [0.717, 1.165) is 61.7 Å². The second kappa shape index (κ2) is 6.09. The largest absolute Gasteiger partial charge is 0.268 e. The van der Waals surface area contributed by atoms with Crippen molar-refractivity contribution in [3.63, 3.8) is 0 Å². The Hall–Kier alpha value is -2.36. The molecule has 4 aliphatic rings. The van der Waals surface area contributed by atoms with Gasteiger partial charge in [0, 0.05) is 12.0 Å². The number of nitrogens with zero attached hydrogens (tertiary/aromatic N) is 8. The molecule has 3 aromatic rings. The van der Waals surface area contributed by atoms with Crippen LogP contribution in [0.15, 0.2) is 6.20 Å². The number of aryl methyl sites for hydroxylation is 2. The SMILES string of the molecule is CCn1ncc(-n2c(C34C[C@H]5C[C@H](C3)CC(n3nnc(C)n3)(C5)C4)n[nH]c2=S)c1C. The minimum atomic E-state index is -0.0631. The van der Waals surface area contributed by atoms with Crippen LogP contribution >= 0.6 is 12.2 Å². The number of hydrogen-bond acceptors (Lipinski definition) is 6. The molecular formula is C20H27N9S. The summed E-state index contributed by atoms with van der Waals surface area (Å²) in [7, 11) is 0. The first-order valence-corrected chi connectivity index (χ1v) is 11.3. The maximum Gasteiger partial charge on any atom is 0.200 e. The van der Waals surface area contributed by atoms with E-state index in [1.165, 1.54) is 6.42 Å². The summed E-state index contributed by atoms with van der Waals surface area (Å²) in [5.41, 5.74) is 2.06. The van der Waals surface area contributed by atoms with E-state index in [1.54, 1.807) is 0 Å². The summed E-state index contributed by atoms with van der Waals surface area (Å²) in [6.07, 6.45) is 8.79. The van der Waals surface area contributed by atoms with Gasteiger partial charge in [0.05, 0.1) is 23.1 Å². The number of aromatic amines is 1. The van der Waals surface area contributed by atoms with Crippen molar-refractivity contribution >= 4 is 12.2 Å². The highest BCUT2D eigenvalue weighted by Crippen LogP contribution is 2.64. The van der Waals surface area contributed by atoms with Crippen LogP contribution in [0.3, 0.4) is 0 Å². The van der Waals surface area contributed by atoms with Gasteiger partial charge in [-0.3, -0.25) is 14.3 Å². The summed E-state index contributed by atoms with van der Waals surface area (Å²) in [6.45, 7) is 6.96. The van der Waals surface area contributed by atoms with Crippen LogP contribution in [0.1, 0.15) is 62.8 Å². The van der Waals surface area contributed by atoms with Gasteiger partial charge in [0.15, 0.2) is 10.6 Å². The molecule has 0 unspecified atom stereocenters. The fraction of sp³-hybridized carbons (Fsp3) is 0.700. The molecule has 0 spiro atoms. The van der Waals surface area contributed by atoms with Gasteiger partial charge in [-0.1, -0.05) is 0 Å². The van der Waals surface area contributed by atoms with Gasteiger partial charge in [-0.05, 0) is 88.6 Å². The van der Waals surface area contributed by atoms with E-state index in [-0.39, 0.29) is 11.0 Å². The van der Waals surface area contributed by atoms with Gasteiger partial charge in [0.25, 0.3) is 0 Å². The molecule has 4 bridgehead atoms. The third kappa shape index (κ3) is 2.39. The summed E-state index contributed by atoms with van der Waals surface area (Å²) in [4.78, 5) is 1.93. The third-order valence-corrected chi connectivity index (χ3v) is 8.01. The molecule has 2 atom stereocenters. The molecule has 4 saturated carbocycles. The molecule has 4 aliphatic carbocycles. The number of H-pyrrole nitrogens is 1. The van der Waals surface area contributed by atoms with Gasteiger partial charge >= 0.3 is 0 Å². The molecule has 0 saturated heterocycles. The van der Waals surface area contributed by atoms with Crippen LogP contribution in [0.2, 0.25) is 0 Å². The molecule has 0 amide bonds. The molecule has 0 radical (unpaired) electrons. The van der Waals surface area contributed by atoms with E-state index in [1.807, 2.05) is 22.6 Å². The zero-order valence-corrected chi connectivity index (χ0v) is 18.5. The number of hydrogen-bond donors (Lipinski definition) is 1. The highest BCUT2D eigenvalue weighted by atomic mass is 32.1. The topological polar surface area (TPSA) is 95.0 Å². The van der Waals surface area contributed by atoms with Crippen LogP contribution in [0.4, 0.5) is 0 Å². The highest BCUT2D eigenvalue weighted by Gasteiger charge is 2.61. The summed E-state index contributed by atoms with van der Waals surface area (Å²) >= 11 is 5.71. The van der Waals surface area contributed by atoms with E-state index in [0.29, 0.717) is 16.6 Å². The third-order valence-electron chi connectivity index (χ3n) is 7.73. The Balaban J connectivity index is 1.50. The molecule has 30 heavy (non-hydrogen) atoms. The lowest BCUT2D eigenvalue weighted by Crippen LogP contribution is -2.59. The van der Waals surface area contributed by atoms with Crippen LogP contribution < -0.4 is 0 Å². The Labute approximate surface area is 179 Å². The number of tetrazole rings is 1. The Morgan fingerprint density at radius 1 is 1.20 bits per heavy atom. The van der Waals surface area contributed by atoms with Gasteiger partial charge in [0.2, 0.25) is 0 Å². The summed E-state index contributed by atoms with van der Waals surface area (Å²) in [6, 6.07) is 0. The lowest BCUT2D eigenvalue weighted by Gasteiger charge is -2.60. The number of rotatable bonds is 4. The lowest BCUT2D eigenvalue weighted by atomic mass is 9.46. The summed E-state index contributed by atoms with van der Waals surface area (Å²) < 4.78 is 4.80. The first kappa shape index (κ1) is 18.4. The minimum absolute atomic E-state index is 0.0278. The first-order chi connectivity index (χ1) is 14.4. The maximum atomic E-state index is 5.71. The van der Waals surface area contributed by atoms with E-state index in [2.05, 4.69) is 44.0 Å². The molecule has 0 aromatic carbocycles. The van der Waals surface area contributed by atoms with Crippen molar-refractivity contribution in [2.75, 3.05) is 0 Å². The van der Waals surface area contributed by atoms with Gasteiger partial charge in [-0.2, -0.15) is 15.0 Å². The Morgan fingerprint density at radius 3 is 2.60 bits per heavy atom. The van der Waals surface area contributed by atoms with Crippen LogP contribution in [-0.4, -0.2) is 44.8 Å². The smallest absolute Gasteiger partial charge is 0.200 e. The van der Waals surface area contributed by atoms with E-state index in [4.69, 9.17) is 17.3 Å². The first-order valence-electron chi connectivity index (χ1n) is 10.9. The Kier molecular flexibility index (Phi) is 3.74. The van der Waals surface area contributed by atoms with Crippen molar-refractivity contribution in [2.24, 2.45) is 11.8 Å². The highest BCUT2D eigenvalue weighted by molar-refractivity contribution is 7.71. The van der Waals surface area contributed by atoms with Gasteiger partial charge < -0.3 is 0 Å². The monoisotopic (exact) mass is 425 g/mol. The van der Waals surface area contributed by atoms with Crippen LogP contribution in [0.5, 0.6) is 0 Å². The average molecular weight is 426 g/mol. The fourth-order valence-corrected chi connectivity index (χ4v) is 7.28. The molecule has 7 rings (SSSR count). The van der Waals surface area contributed by atoms with Crippen molar-refractivity contribution in [3.05, 3.63) is 28.3 Å². The van der Waals surface area contributed by atoms with Crippen molar-refractivity contribution in [1.29, 1.82) is 0 Å². The molecule has 3 aromatic heterocycles. The zero-order valence-electron chi connectivity index (χ0n) is 17.7. The van der Waals surface area contributed by atoms with Crippen molar-refractivity contribution < 1.29 is 0 Å². The normalized spacial score (nSPS) is 32.2. The van der Waals surface area contributed by atoms with E-state index >= 15 is 0 Å². The molecular weight excluding hydrogens is 398 g/mol.